The Morgan fingerprint density at radius 3 is 2.47 bits per heavy atom. The van der Waals surface area contributed by atoms with Crippen LogP contribution >= 0.6 is 0 Å². The maximum atomic E-state index is 12.2. The van der Waals surface area contributed by atoms with Gasteiger partial charge in [-0.3, -0.25) is 4.90 Å². The summed E-state index contributed by atoms with van der Waals surface area (Å²) in [5.74, 6) is 0.357. The number of hydrogen-bond acceptors (Lipinski definition) is 2. The third-order valence-corrected chi connectivity index (χ3v) is 3.37. The van der Waals surface area contributed by atoms with Crippen molar-refractivity contribution in [3.63, 3.8) is 0 Å². The van der Waals surface area contributed by atoms with E-state index in [9.17, 15) is 13.2 Å². The second-order valence-corrected chi connectivity index (χ2v) is 5.02. The average molecular weight is 252 g/mol. The first-order valence-electron chi connectivity index (χ1n) is 6.41. The molecule has 0 aromatic heterocycles. The molecule has 0 aromatic carbocycles. The van der Waals surface area contributed by atoms with Crippen molar-refractivity contribution in [2.75, 3.05) is 26.7 Å². The van der Waals surface area contributed by atoms with Gasteiger partial charge in [0.2, 0.25) is 0 Å². The summed E-state index contributed by atoms with van der Waals surface area (Å²) in [7, 11) is 1.56. The molecule has 0 aromatic rings. The Bertz CT molecular complexity index is 216. The van der Waals surface area contributed by atoms with Crippen LogP contribution in [0.25, 0.3) is 0 Å². The minimum atomic E-state index is -4.09. The lowest BCUT2D eigenvalue weighted by atomic mass is 9.84. The fourth-order valence-electron chi connectivity index (χ4n) is 2.73. The fourth-order valence-corrected chi connectivity index (χ4v) is 2.73. The molecule has 1 fully saturated rings. The molecule has 2 unspecified atom stereocenters. The molecular formula is C12H23F3N2. The first-order chi connectivity index (χ1) is 7.92. The zero-order valence-corrected chi connectivity index (χ0v) is 10.7. The van der Waals surface area contributed by atoms with Gasteiger partial charge in [-0.15, -0.1) is 0 Å². The minimum Gasteiger partial charge on any atom is -0.314 e. The van der Waals surface area contributed by atoms with Gasteiger partial charge in [0.25, 0.3) is 0 Å². The van der Waals surface area contributed by atoms with Crippen LogP contribution in [0, 0.1) is 5.92 Å². The smallest absolute Gasteiger partial charge is 0.314 e. The Balaban J connectivity index is 2.41. The molecule has 1 rings (SSSR count). The second kappa shape index (κ2) is 6.59. The number of halogens is 3. The summed E-state index contributed by atoms with van der Waals surface area (Å²) in [6.07, 6.45) is 0.388. The summed E-state index contributed by atoms with van der Waals surface area (Å²) in [4.78, 5) is 1.40. The van der Waals surface area contributed by atoms with Gasteiger partial charge in [-0.1, -0.05) is 19.8 Å². The Labute approximate surface area is 102 Å². The molecule has 0 saturated heterocycles. The highest BCUT2D eigenvalue weighted by Gasteiger charge is 2.32. The third-order valence-electron chi connectivity index (χ3n) is 3.37. The molecule has 0 spiro atoms. The Hall–Kier alpha value is -0.290. The van der Waals surface area contributed by atoms with E-state index in [0.717, 1.165) is 25.8 Å². The quantitative estimate of drug-likeness (QED) is 0.809. The zero-order chi connectivity index (χ0) is 12.9. The molecule has 0 radical (unpaired) electrons. The highest BCUT2D eigenvalue weighted by molar-refractivity contribution is 4.82. The van der Waals surface area contributed by atoms with Gasteiger partial charge in [0.15, 0.2) is 0 Å². The van der Waals surface area contributed by atoms with Crippen LogP contribution in [0.5, 0.6) is 0 Å². The minimum absolute atomic E-state index is 0.357. The summed E-state index contributed by atoms with van der Waals surface area (Å²) in [5, 5.41) is 3.39. The lowest BCUT2D eigenvalue weighted by Gasteiger charge is -2.35. The fraction of sp³-hybridized carbons (Fsp3) is 1.00. The van der Waals surface area contributed by atoms with Gasteiger partial charge in [-0.25, -0.2) is 0 Å². The zero-order valence-electron chi connectivity index (χ0n) is 10.7. The largest absolute Gasteiger partial charge is 0.401 e. The van der Waals surface area contributed by atoms with Gasteiger partial charge in [-0.2, -0.15) is 13.2 Å². The van der Waals surface area contributed by atoms with Crippen molar-refractivity contribution in [3.8, 4) is 0 Å². The highest BCUT2D eigenvalue weighted by atomic mass is 19.4. The van der Waals surface area contributed by atoms with Crippen molar-refractivity contribution in [2.45, 2.75) is 44.8 Å². The van der Waals surface area contributed by atoms with Crippen LogP contribution < -0.4 is 5.32 Å². The van der Waals surface area contributed by atoms with Crippen LogP contribution in [0.1, 0.15) is 32.6 Å². The SMILES string of the molecule is CCNC1CCCCC1CN(C)CC(F)(F)F. The van der Waals surface area contributed by atoms with Gasteiger partial charge in [-0.05, 0) is 32.4 Å². The lowest BCUT2D eigenvalue weighted by molar-refractivity contribution is -0.144. The van der Waals surface area contributed by atoms with Crippen molar-refractivity contribution >= 4 is 0 Å². The molecule has 0 aliphatic heterocycles. The molecular weight excluding hydrogens is 229 g/mol. The lowest BCUT2D eigenvalue weighted by Crippen LogP contribution is -2.45. The van der Waals surface area contributed by atoms with E-state index in [1.165, 1.54) is 11.3 Å². The monoisotopic (exact) mass is 252 g/mol. The van der Waals surface area contributed by atoms with Gasteiger partial charge >= 0.3 is 6.18 Å². The average Bonchev–Trinajstić information content (AvgIpc) is 2.18. The van der Waals surface area contributed by atoms with Crippen molar-refractivity contribution in [2.24, 2.45) is 5.92 Å². The van der Waals surface area contributed by atoms with Crippen LogP contribution in [0.3, 0.4) is 0 Å². The highest BCUT2D eigenvalue weighted by Crippen LogP contribution is 2.26. The van der Waals surface area contributed by atoms with Crippen LogP contribution in [-0.2, 0) is 0 Å². The van der Waals surface area contributed by atoms with Crippen LogP contribution in [0.15, 0.2) is 0 Å². The molecule has 1 saturated carbocycles. The van der Waals surface area contributed by atoms with E-state index in [1.54, 1.807) is 7.05 Å². The number of rotatable bonds is 5. The molecule has 1 aliphatic rings. The molecule has 0 heterocycles. The topological polar surface area (TPSA) is 15.3 Å². The second-order valence-electron chi connectivity index (χ2n) is 5.02. The van der Waals surface area contributed by atoms with E-state index in [2.05, 4.69) is 5.32 Å². The number of hydrogen-bond donors (Lipinski definition) is 1. The molecule has 2 nitrogen and oxygen atoms in total. The summed E-state index contributed by atoms with van der Waals surface area (Å²) in [6.45, 7) is 2.68. The van der Waals surface area contributed by atoms with Crippen molar-refractivity contribution in [1.29, 1.82) is 0 Å². The molecule has 102 valence electrons. The standard InChI is InChI=1S/C12H23F3N2/c1-3-16-11-7-5-4-6-10(11)8-17(2)9-12(13,14)15/h10-11,16H,3-9H2,1-2H3. The third kappa shape index (κ3) is 5.73. The first-order valence-corrected chi connectivity index (χ1v) is 6.41. The van der Waals surface area contributed by atoms with Crippen molar-refractivity contribution in [3.05, 3.63) is 0 Å². The summed E-state index contributed by atoms with van der Waals surface area (Å²) >= 11 is 0. The maximum Gasteiger partial charge on any atom is 0.401 e. The van der Waals surface area contributed by atoms with Gasteiger partial charge < -0.3 is 5.32 Å². The van der Waals surface area contributed by atoms with Gasteiger partial charge in [0, 0.05) is 12.6 Å². The predicted octanol–water partition coefficient (Wildman–Crippen LogP) is 2.65. The Morgan fingerprint density at radius 2 is 1.88 bits per heavy atom. The number of alkyl halides is 3. The molecule has 0 bridgehead atoms. The normalized spacial score (nSPS) is 26.5. The van der Waals surface area contributed by atoms with Crippen LogP contribution in [0.2, 0.25) is 0 Å². The maximum absolute atomic E-state index is 12.2. The molecule has 1 N–H and O–H groups in total. The number of nitrogens with zero attached hydrogens (tertiary/aromatic N) is 1. The molecule has 0 amide bonds. The summed E-state index contributed by atoms with van der Waals surface area (Å²) < 4.78 is 36.7. The summed E-state index contributed by atoms with van der Waals surface area (Å²) in [5.41, 5.74) is 0. The van der Waals surface area contributed by atoms with Crippen molar-refractivity contribution < 1.29 is 13.2 Å². The first kappa shape index (κ1) is 14.8. The van der Waals surface area contributed by atoms with Crippen molar-refractivity contribution in [1.82, 2.24) is 10.2 Å². The predicted molar refractivity (Wildman–Crippen MR) is 63.0 cm³/mol. The van der Waals surface area contributed by atoms with E-state index >= 15 is 0 Å². The van der Waals surface area contributed by atoms with Gasteiger partial charge in [0.1, 0.15) is 0 Å². The van der Waals surface area contributed by atoms with E-state index in [1.807, 2.05) is 6.92 Å². The van der Waals surface area contributed by atoms with E-state index < -0.39 is 12.7 Å². The van der Waals surface area contributed by atoms with E-state index in [4.69, 9.17) is 0 Å². The van der Waals surface area contributed by atoms with Crippen LogP contribution in [0.4, 0.5) is 13.2 Å². The molecule has 5 heteroatoms. The summed E-state index contributed by atoms with van der Waals surface area (Å²) in [6, 6.07) is 0.393. The molecule has 2 atom stereocenters. The molecule has 1 aliphatic carbocycles. The Morgan fingerprint density at radius 1 is 1.24 bits per heavy atom. The Kier molecular flexibility index (Phi) is 5.73. The molecule has 17 heavy (non-hydrogen) atoms. The van der Waals surface area contributed by atoms with Gasteiger partial charge in [0.05, 0.1) is 6.54 Å². The van der Waals surface area contributed by atoms with Crippen LogP contribution in [-0.4, -0.2) is 43.8 Å². The van der Waals surface area contributed by atoms with E-state index in [-0.39, 0.29) is 0 Å². The number of nitrogens with one attached hydrogen (secondary N) is 1. The van der Waals surface area contributed by atoms with E-state index in [0.29, 0.717) is 18.5 Å².